The number of hydrogen-bond acceptors (Lipinski definition) is 3. The highest BCUT2D eigenvalue weighted by atomic mass is 15.3. The standard InChI is InChI=1S/C13H27N3/c1-12(11-14)15-7-9-16(10-8-15)13-5-3-2-4-6-13/h12-13H,2-11,14H2,1H3. The van der Waals surface area contributed by atoms with Crippen LogP contribution in [0, 0.1) is 0 Å². The van der Waals surface area contributed by atoms with E-state index >= 15 is 0 Å². The summed E-state index contributed by atoms with van der Waals surface area (Å²) in [5.41, 5.74) is 5.73. The van der Waals surface area contributed by atoms with Crippen molar-refractivity contribution in [2.45, 2.75) is 51.1 Å². The first-order chi connectivity index (χ1) is 7.81. The molecule has 2 N–H and O–H groups in total. The van der Waals surface area contributed by atoms with Gasteiger partial charge in [-0.3, -0.25) is 9.80 Å². The van der Waals surface area contributed by atoms with E-state index in [0.29, 0.717) is 6.04 Å². The summed E-state index contributed by atoms with van der Waals surface area (Å²) in [5, 5.41) is 0. The van der Waals surface area contributed by atoms with Gasteiger partial charge in [0.15, 0.2) is 0 Å². The van der Waals surface area contributed by atoms with E-state index < -0.39 is 0 Å². The van der Waals surface area contributed by atoms with Gasteiger partial charge in [-0.1, -0.05) is 19.3 Å². The molecule has 1 saturated carbocycles. The van der Waals surface area contributed by atoms with Crippen molar-refractivity contribution in [2.75, 3.05) is 32.7 Å². The maximum atomic E-state index is 5.73. The van der Waals surface area contributed by atoms with Crippen molar-refractivity contribution >= 4 is 0 Å². The Morgan fingerprint density at radius 3 is 2.25 bits per heavy atom. The average molecular weight is 225 g/mol. The van der Waals surface area contributed by atoms with Gasteiger partial charge in [-0.05, 0) is 19.8 Å². The van der Waals surface area contributed by atoms with Gasteiger partial charge in [0, 0.05) is 44.8 Å². The van der Waals surface area contributed by atoms with Crippen LogP contribution in [0.15, 0.2) is 0 Å². The smallest absolute Gasteiger partial charge is 0.0191 e. The second kappa shape index (κ2) is 5.99. The largest absolute Gasteiger partial charge is 0.329 e. The molecule has 2 rings (SSSR count). The van der Waals surface area contributed by atoms with Crippen LogP contribution in [0.2, 0.25) is 0 Å². The molecule has 94 valence electrons. The van der Waals surface area contributed by atoms with Gasteiger partial charge in [-0.25, -0.2) is 0 Å². The fourth-order valence-electron chi connectivity index (χ4n) is 3.14. The fraction of sp³-hybridized carbons (Fsp3) is 1.00. The second-order valence-corrected chi connectivity index (χ2v) is 5.45. The Bertz CT molecular complexity index is 193. The molecule has 3 nitrogen and oxygen atoms in total. The summed E-state index contributed by atoms with van der Waals surface area (Å²) in [7, 11) is 0. The molecule has 16 heavy (non-hydrogen) atoms. The molecule has 0 amide bonds. The number of rotatable bonds is 3. The Balaban J connectivity index is 1.75. The van der Waals surface area contributed by atoms with E-state index in [1.807, 2.05) is 0 Å². The third-order valence-corrected chi connectivity index (χ3v) is 4.40. The highest BCUT2D eigenvalue weighted by molar-refractivity contribution is 4.82. The van der Waals surface area contributed by atoms with Crippen molar-refractivity contribution in [1.82, 2.24) is 9.80 Å². The normalized spacial score (nSPS) is 28.1. The van der Waals surface area contributed by atoms with Crippen LogP contribution in [-0.2, 0) is 0 Å². The predicted molar refractivity (Wildman–Crippen MR) is 68.5 cm³/mol. The summed E-state index contributed by atoms with van der Waals surface area (Å²) in [6.07, 6.45) is 7.23. The van der Waals surface area contributed by atoms with Crippen LogP contribution in [0.1, 0.15) is 39.0 Å². The van der Waals surface area contributed by atoms with Crippen molar-refractivity contribution < 1.29 is 0 Å². The van der Waals surface area contributed by atoms with Gasteiger partial charge >= 0.3 is 0 Å². The molecule has 1 aliphatic carbocycles. The maximum absolute atomic E-state index is 5.73. The highest BCUT2D eigenvalue weighted by Crippen LogP contribution is 2.23. The average Bonchev–Trinajstić information content (AvgIpc) is 2.39. The summed E-state index contributed by atoms with van der Waals surface area (Å²) >= 11 is 0. The zero-order valence-corrected chi connectivity index (χ0v) is 10.7. The van der Waals surface area contributed by atoms with Crippen molar-refractivity contribution in [3.63, 3.8) is 0 Å². The van der Waals surface area contributed by atoms with Gasteiger partial charge < -0.3 is 5.73 Å². The lowest BCUT2D eigenvalue weighted by Gasteiger charge is -2.42. The minimum atomic E-state index is 0.563. The summed E-state index contributed by atoms with van der Waals surface area (Å²) in [6.45, 7) is 7.99. The SMILES string of the molecule is CC(CN)N1CCN(C2CCCCC2)CC1. The Labute approximate surface area is 100.0 Å². The summed E-state index contributed by atoms with van der Waals surface area (Å²) in [4.78, 5) is 5.26. The summed E-state index contributed by atoms with van der Waals surface area (Å²) in [5.74, 6) is 0. The first-order valence-corrected chi connectivity index (χ1v) is 6.99. The molecule has 1 aliphatic heterocycles. The van der Waals surface area contributed by atoms with Gasteiger partial charge in [0.25, 0.3) is 0 Å². The lowest BCUT2D eigenvalue weighted by Crippen LogP contribution is -2.54. The number of nitrogens with zero attached hydrogens (tertiary/aromatic N) is 2. The van der Waals surface area contributed by atoms with E-state index in [1.54, 1.807) is 0 Å². The highest BCUT2D eigenvalue weighted by Gasteiger charge is 2.26. The molecule has 1 heterocycles. The Morgan fingerprint density at radius 1 is 1.06 bits per heavy atom. The van der Waals surface area contributed by atoms with E-state index in [9.17, 15) is 0 Å². The van der Waals surface area contributed by atoms with Crippen molar-refractivity contribution in [1.29, 1.82) is 0 Å². The van der Waals surface area contributed by atoms with Crippen LogP contribution >= 0.6 is 0 Å². The number of nitrogens with two attached hydrogens (primary N) is 1. The molecule has 3 heteroatoms. The van der Waals surface area contributed by atoms with Gasteiger partial charge in [-0.2, -0.15) is 0 Å². The minimum Gasteiger partial charge on any atom is -0.329 e. The maximum Gasteiger partial charge on any atom is 0.0191 e. The van der Waals surface area contributed by atoms with Gasteiger partial charge in [0.2, 0.25) is 0 Å². The first kappa shape index (κ1) is 12.3. The minimum absolute atomic E-state index is 0.563. The van der Waals surface area contributed by atoms with Crippen molar-refractivity contribution in [3.8, 4) is 0 Å². The molecule has 1 unspecified atom stereocenters. The molecule has 0 aromatic carbocycles. The van der Waals surface area contributed by atoms with Crippen LogP contribution < -0.4 is 5.73 Å². The molecule has 0 spiro atoms. The van der Waals surface area contributed by atoms with Gasteiger partial charge in [0.05, 0.1) is 0 Å². The molecule has 0 aromatic heterocycles. The van der Waals surface area contributed by atoms with Crippen molar-refractivity contribution in [3.05, 3.63) is 0 Å². The van der Waals surface area contributed by atoms with Crippen LogP contribution in [0.3, 0.4) is 0 Å². The summed E-state index contributed by atoms with van der Waals surface area (Å²) in [6, 6.07) is 1.46. The molecule has 1 atom stereocenters. The Hall–Kier alpha value is -0.120. The Kier molecular flexibility index (Phi) is 4.62. The molecule has 0 bridgehead atoms. The van der Waals surface area contributed by atoms with Gasteiger partial charge in [0.1, 0.15) is 0 Å². The van der Waals surface area contributed by atoms with Gasteiger partial charge in [-0.15, -0.1) is 0 Å². The molecule has 2 fully saturated rings. The lowest BCUT2D eigenvalue weighted by atomic mass is 9.94. The number of piperazine rings is 1. The topological polar surface area (TPSA) is 32.5 Å². The number of hydrogen-bond donors (Lipinski definition) is 1. The monoisotopic (exact) mass is 225 g/mol. The van der Waals surface area contributed by atoms with E-state index in [-0.39, 0.29) is 0 Å². The van der Waals surface area contributed by atoms with Crippen LogP contribution in [0.5, 0.6) is 0 Å². The first-order valence-electron chi connectivity index (χ1n) is 6.99. The third-order valence-electron chi connectivity index (χ3n) is 4.40. The second-order valence-electron chi connectivity index (χ2n) is 5.45. The Morgan fingerprint density at radius 2 is 1.69 bits per heavy atom. The molecular weight excluding hydrogens is 198 g/mol. The quantitative estimate of drug-likeness (QED) is 0.785. The van der Waals surface area contributed by atoms with E-state index in [2.05, 4.69) is 16.7 Å². The van der Waals surface area contributed by atoms with Crippen LogP contribution in [0.4, 0.5) is 0 Å². The lowest BCUT2D eigenvalue weighted by molar-refractivity contribution is 0.0623. The molecular formula is C13H27N3. The van der Waals surface area contributed by atoms with E-state index in [1.165, 1.54) is 58.3 Å². The van der Waals surface area contributed by atoms with E-state index in [0.717, 1.165) is 12.6 Å². The molecule has 2 aliphatic rings. The fourth-order valence-corrected chi connectivity index (χ4v) is 3.14. The van der Waals surface area contributed by atoms with Crippen LogP contribution in [0.25, 0.3) is 0 Å². The predicted octanol–water partition coefficient (Wildman–Crippen LogP) is 1.28. The zero-order valence-electron chi connectivity index (χ0n) is 10.7. The van der Waals surface area contributed by atoms with E-state index in [4.69, 9.17) is 5.73 Å². The zero-order chi connectivity index (χ0) is 11.4. The third kappa shape index (κ3) is 2.96. The summed E-state index contributed by atoms with van der Waals surface area (Å²) < 4.78 is 0. The van der Waals surface area contributed by atoms with Crippen LogP contribution in [-0.4, -0.2) is 54.6 Å². The van der Waals surface area contributed by atoms with Crippen molar-refractivity contribution in [2.24, 2.45) is 5.73 Å². The molecule has 1 saturated heterocycles. The molecule has 0 radical (unpaired) electrons. The molecule has 0 aromatic rings.